The second-order valence-corrected chi connectivity index (χ2v) is 5.45. The molecular formula is C15H27ClN3O2+. The van der Waals surface area contributed by atoms with Gasteiger partial charge < -0.3 is 21.5 Å². The number of carbonyl (C=O) groups excluding carboxylic acids is 1. The molecule has 0 aliphatic rings. The van der Waals surface area contributed by atoms with Gasteiger partial charge in [0.1, 0.15) is 11.3 Å². The Hall–Kier alpha value is -1.30. The summed E-state index contributed by atoms with van der Waals surface area (Å²) in [6.07, 6.45) is 1.66. The summed E-state index contributed by atoms with van der Waals surface area (Å²) < 4.78 is 5.34. The average molecular weight is 317 g/mol. The van der Waals surface area contributed by atoms with Crippen LogP contribution in [0.3, 0.4) is 0 Å². The van der Waals surface area contributed by atoms with Gasteiger partial charge >= 0.3 is 5.97 Å². The average Bonchev–Trinajstić information content (AvgIpc) is 2.41. The Kier molecular flexibility index (Phi) is 8.32. The molecule has 0 spiro atoms. The minimum atomic E-state index is -0.484. The summed E-state index contributed by atoms with van der Waals surface area (Å²) in [6, 6.07) is 3.80. The van der Waals surface area contributed by atoms with Gasteiger partial charge in [0, 0.05) is 37.3 Å². The minimum Gasteiger partial charge on any atom is -0.460 e. The largest absolute Gasteiger partial charge is 0.460 e. The number of nitrogens with two attached hydrogens (primary N) is 1. The molecule has 21 heavy (non-hydrogen) atoms. The molecular weight excluding hydrogens is 290 g/mol. The quantitative estimate of drug-likeness (QED) is 0.583. The number of hydrogen-bond acceptors (Lipinski definition) is 4. The molecule has 6 N–H and O–H groups in total. The van der Waals surface area contributed by atoms with E-state index in [1.54, 1.807) is 0 Å². The van der Waals surface area contributed by atoms with Crippen LogP contribution in [0.2, 0.25) is 0 Å². The molecule has 0 aliphatic carbocycles. The molecule has 0 aromatic heterocycles. The van der Waals surface area contributed by atoms with Crippen LogP contribution in [0.15, 0.2) is 12.1 Å². The van der Waals surface area contributed by atoms with Crippen LogP contribution in [0.5, 0.6) is 0 Å². The highest BCUT2D eigenvalue weighted by Crippen LogP contribution is 2.25. The molecule has 0 unspecified atom stereocenters. The Bertz CT molecular complexity index is 471. The van der Waals surface area contributed by atoms with Gasteiger partial charge in [0.25, 0.3) is 0 Å². The number of benzene rings is 1. The number of anilines is 1. The lowest BCUT2D eigenvalue weighted by atomic mass is 10.00. The Labute approximate surface area is 132 Å². The van der Waals surface area contributed by atoms with Crippen molar-refractivity contribution in [1.29, 1.82) is 0 Å². The highest BCUT2D eigenvalue weighted by atomic mass is 35.5. The number of nitrogens with one attached hydrogen (secondary N) is 1. The van der Waals surface area contributed by atoms with E-state index in [9.17, 15) is 4.79 Å². The number of hydrogen-bond donors (Lipinski definition) is 3. The van der Waals surface area contributed by atoms with Crippen molar-refractivity contribution < 1.29 is 15.3 Å². The number of quaternary nitrogens is 1. The fourth-order valence-corrected chi connectivity index (χ4v) is 1.95. The molecule has 0 aliphatic heterocycles. The first-order chi connectivity index (χ1) is 9.78. The van der Waals surface area contributed by atoms with Crippen molar-refractivity contribution in [1.82, 2.24) is 0 Å². The topological polar surface area (TPSA) is 92.0 Å². The van der Waals surface area contributed by atoms with Gasteiger partial charge in [-0.15, -0.1) is 11.6 Å². The summed E-state index contributed by atoms with van der Waals surface area (Å²) >= 11 is 4.64. The minimum absolute atomic E-state index is 0.193. The van der Waals surface area contributed by atoms with Gasteiger partial charge in [-0.25, -0.2) is 0 Å². The zero-order valence-corrected chi connectivity index (χ0v) is 14.3. The maximum Gasteiger partial charge on any atom is 0.311 e. The number of esters is 1. The fourth-order valence-electron chi connectivity index (χ4n) is 1.95. The normalized spacial score (nSPS) is 10.5. The lowest BCUT2D eigenvalue weighted by molar-refractivity contribution is -0.256. The first-order valence-electron chi connectivity index (χ1n) is 6.72. The van der Waals surface area contributed by atoms with Crippen LogP contribution in [-0.4, -0.2) is 25.0 Å². The van der Waals surface area contributed by atoms with E-state index in [-0.39, 0.29) is 12.4 Å². The van der Waals surface area contributed by atoms with Gasteiger partial charge in [-0.1, -0.05) is 0 Å². The first-order valence-corrected chi connectivity index (χ1v) is 7.48. The molecule has 5 nitrogen and oxygen atoms in total. The number of alkyl halides is 1. The maximum atomic E-state index is 11.9. The third-order valence-corrected chi connectivity index (χ3v) is 2.74. The van der Waals surface area contributed by atoms with E-state index in [1.165, 1.54) is 6.38 Å². The van der Waals surface area contributed by atoms with Gasteiger partial charge in [-0.05, 0) is 32.4 Å². The van der Waals surface area contributed by atoms with Crippen molar-refractivity contribution in [2.24, 2.45) is 5.73 Å². The van der Waals surface area contributed by atoms with Crippen LogP contribution in [0, 0.1) is 0 Å². The molecule has 120 valence electrons. The van der Waals surface area contributed by atoms with Crippen molar-refractivity contribution in [3.63, 3.8) is 0 Å². The van der Waals surface area contributed by atoms with Crippen LogP contribution in [0.25, 0.3) is 0 Å². The Balaban J connectivity index is 0.00000191. The molecule has 0 atom stereocenters. The first kappa shape index (κ1) is 19.7. The van der Waals surface area contributed by atoms with Crippen molar-refractivity contribution in [3.8, 4) is 0 Å². The molecule has 0 heterocycles. The highest BCUT2D eigenvalue weighted by Gasteiger charge is 2.20. The zero-order valence-electron chi connectivity index (χ0n) is 13.5. The lowest BCUT2D eigenvalue weighted by Crippen LogP contribution is -2.42. The number of ether oxygens (including phenoxy) is 1. The highest BCUT2D eigenvalue weighted by molar-refractivity contribution is 6.15. The molecule has 6 heteroatoms. The number of rotatable bonds is 4. The lowest BCUT2D eigenvalue weighted by Gasteiger charge is -2.20. The van der Waals surface area contributed by atoms with Crippen LogP contribution in [-0.2, 0) is 22.5 Å². The summed E-state index contributed by atoms with van der Waals surface area (Å²) in [5.74, 6) is -0.264. The van der Waals surface area contributed by atoms with Crippen molar-refractivity contribution in [2.75, 3.05) is 18.7 Å². The third-order valence-electron chi connectivity index (χ3n) is 2.74. The standard InChI is InChI=1S/C14H23N3O2.CH3Cl/c1-14(2,3)19-13(18)7-9-10(8-15)12(17-4)6-5-11(9)16;1-2/h5-6,17H,7-8,15-16H2,1-4H3;1H3/p+1. The summed E-state index contributed by atoms with van der Waals surface area (Å²) in [6.45, 7) is 5.91. The third kappa shape index (κ3) is 6.33. The SMILES string of the molecule is CCl.CNc1ccc([NH3+])c(CC(=O)OC(C)(C)C)c1CN. The Morgan fingerprint density at radius 2 is 1.90 bits per heavy atom. The molecule has 0 saturated heterocycles. The fraction of sp³-hybridized carbons (Fsp3) is 0.533. The number of carbonyl (C=O) groups is 1. The molecule has 1 aromatic rings. The summed E-state index contributed by atoms with van der Waals surface area (Å²) in [5, 5.41) is 3.08. The Morgan fingerprint density at radius 1 is 1.33 bits per heavy atom. The molecule has 0 bridgehead atoms. The predicted molar refractivity (Wildman–Crippen MR) is 87.8 cm³/mol. The van der Waals surface area contributed by atoms with E-state index in [0.717, 1.165) is 22.5 Å². The monoisotopic (exact) mass is 316 g/mol. The predicted octanol–water partition coefficient (Wildman–Crippen LogP) is 1.80. The molecule has 1 rings (SSSR count). The van der Waals surface area contributed by atoms with Crippen molar-refractivity contribution >= 4 is 28.9 Å². The van der Waals surface area contributed by atoms with Crippen molar-refractivity contribution in [2.45, 2.75) is 39.3 Å². The van der Waals surface area contributed by atoms with E-state index < -0.39 is 5.60 Å². The van der Waals surface area contributed by atoms with E-state index in [2.05, 4.69) is 22.7 Å². The molecule has 0 amide bonds. The molecule has 0 radical (unpaired) electrons. The number of halogens is 1. The Morgan fingerprint density at radius 3 is 2.33 bits per heavy atom. The van der Waals surface area contributed by atoms with Crippen LogP contribution in [0.1, 0.15) is 31.9 Å². The summed E-state index contributed by atoms with van der Waals surface area (Å²) in [4.78, 5) is 11.9. The van der Waals surface area contributed by atoms with Gasteiger partial charge in [0.15, 0.2) is 0 Å². The van der Waals surface area contributed by atoms with Crippen LogP contribution >= 0.6 is 11.6 Å². The summed E-state index contributed by atoms with van der Waals surface area (Å²) in [7, 11) is 1.83. The van der Waals surface area contributed by atoms with Gasteiger partial charge in [-0.2, -0.15) is 0 Å². The zero-order chi connectivity index (χ0) is 16.6. The molecule has 0 saturated carbocycles. The van der Waals surface area contributed by atoms with Crippen LogP contribution in [0.4, 0.5) is 11.4 Å². The van der Waals surface area contributed by atoms with Gasteiger partial charge in [0.2, 0.25) is 0 Å². The molecule has 1 aromatic carbocycles. The summed E-state index contributed by atoms with van der Waals surface area (Å²) in [5.41, 5.74) is 12.8. The molecule has 0 fully saturated rings. The smallest absolute Gasteiger partial charge is 0.311 e. The van der Waals surface area contributed by atoms with E-state index in [0.29, 0.717) is 6.54 Å². The second-order valence-electron chi connectivity index (χ2n) is 5.45. The van der Waals surface area contributed by atoms with Crippen molar-refractivity contribution in [3.05, 3.63) is 23.3 Å². The van der Waals surface area contributed by atoms with E-state index in [1.807, 2.05) is 40.0 Å². The maximum absolute atomic E-state index is 11.9. The second kappa shape index (κ2) is 8.87. The van der Waals surface area contributed by atoms with E-state index in [4.69, 9.17) is 10.5 Å². The van der Waals surface area contributed by atoms with Gasteiger partial charge in [-0.3, -0.25) is 4.79 Å². The van der Waals surface area contributed by atoms with Crippen LogP contribution < -0.4 is 16.8 Å². The van der Waals surface area contributed by atoms with E-state index >= 15 is 0 Å². The van der Waals surface area contributed by atoms with Gasteiger partial charge in [0.05, 0.1) is 6.42 Å².